The monoisotopic (exact) mass is 455 g/mol. The second-order valence-electron chi connectivity index (χ2n) is 7.49. The number of halogens is 3. The van der Waals surface area contributed by atoms with Gasteiger partial charge in [-0.15, -0.1) is 0 Å². The minimum atomic E-state index is -0.524. The number of hydrogen-bond acceptors (Lipinski definition) is 3. The maximum Gasteiger partial charge on any atom is 0.260 e. The predicted molar refractivity (Wildman–Crippen MR) is 118 cm³/mol. The molecule has 0 saturated heterocycles. The van der Waals surface area contributed by atoms with E-state index in [0.29, 0.717) is 5.69 Å². The number of rotatable bonds is 5. The van der Waals surface area contributed by atoms with Gasteiger partial charge in [-0.2, -0.15) is 10.2 Å². The number of carbonyl (C=O) groups excluding carboxylic acids is 1. The van der Waals surface area contributed by atoms with Crippen LogP contribution >= 0.6 is 11.6 Å². The molecule has 0 aliphatic heterocycles. The Morgan fingerprint density at radius 2 is 1.75 bits per heavy atom. The summed E-state index contributed by atoms with van der Waals surface area (Å²) in [5, 5.41) is 11.4. The molecule has 0 spiro atoms. The molecule has 2 aromatic heterocycles. The summed E-state index contributed by atoms with van der Waals surface area (Å²) < 4.78 is 30.8. The van der Waals surface area contributed by atoms with Gasteiger partial charge in [0.05, 0.1) is 23.5 Å². The molecular weight excluding hydrogens is 436 g/mol. The van der Waals surface area contributed by atoms with Gasteiger partial charge in [0.15, 0.2) is 5.82 Å². The van der Waals surface area contributed by atoms with E-state index >= 15 is 0 Å². The second-order valence-corrected chi connectivity index (χ2v) is 7.85. The highest BCUT2D eigenvalue weighted by atomic mass is 35.5. The van der Waals surface area contributed by atoms with Gasteiger partial charge in [0.25, 0.3) is 5.91 Å². The van der Waals surface area contributed by atoms with Gasteiger partial charge in [0, 0.05) is 11.4 Å². The first-order valence-electron chi connectivity index (χ1n) is 9.85. The zero-order valence-corrected chi connectivity index (χ0v) is 18.4. The fourth-order valence-corrected chi connectivity index (χ4v) is 3.82. The molecule has 0 radical (unpaired) electrons. The number of aromatic nitrogens is 4. The molecule has 2 heterocycles. The first-order valence-corrected chi connectivity index (χ1v) is 10.2. The normalized spacial score (nSPS) is 11.1. The summed E-state index contributed by atoms with van der Waals surface area (Å²) in [4.78, 5) is 12.9. The topological polar surface area (TPSA) is 64.7 Å². The number of nitrogens with one attached hydrogen (secondary N) is 1. The first-order chi connectivity index (χ1) is 15.2. The van der Waals surface area contributed by atoms with Gasteiger partial charge in [0.1, 0.15) is 16.7 Å². The lowest BCUT2D eigenvalue weighted by atomic mass is 10.2. The van der Waals surface area contributed by atoms with Gasteiger partial charge >= 0.3 is 0 Å². The molecule has 32 heavy (non-hydrogen) atoms. The predicted octanol–water partition coefficient (Wildman–Crippen LogP) is 5.23. The Bertz CT molecular complexity index is 1310. The van der Waals surface area contributed by atoms with Crippen molar-refractivity contribution in [3.63, 3.8) is 0 Å². The van der Waals surface area contributed by atoms with Gasteiger partial charge in [-0.05, 0) is 62.7 Å². The Labute approximate surface area is 188 Å². The number of carbonyl (C=O) groups is 1. The summed E-state index contributed by atoms with van der Waals surface area (Å²) in [7, 11) is 0. The van der Waals surface area contributed by atoms with Crippen LogP contribution < -0.4 is 5.32 Å². The van der Waals surface area contributed by atoms with Crippen LogP contribution in [0.15, 0.2) is 48.5 Å². The summed E-state index contributed by atoms with van der Waals surface area (Å²) in [6.07, 6.45) is 0. The molecule has 1 N–H and O–H groups in total. The Morgan fingerprint density at radius 3 is 2.38 bits per heavy atom. The molecule has 9 heteroatoms. The molecule has 0 atom stereocenters. The van der Waals surface area contributed by atoms with Crippen molar-refractivity contribution >= 4 is 23.2 Å². The number of aryl methyl sites for hydroxylation is 3. The zero-order chi connectivity index (χ0) is 23.0. The smallest absolute Gasteiger partial charge is 0.260 e. The summed E-state index contributed by atoms with van der Waals surface area (Å²) in [5.41, 5.74) is 3.54. The average Bonchev–Trinajstić information content (AvgIpc) is 3.21. The Hall–Kier alpha value is -3.52. The van der Waals surface area contributed by atoms with Gasteiger partial charge in [-0.1, -0.05) is 23.7 Å². The van der Waals surface area contributed by atoms with Crippen LogP contribution in [0, 0.1) is 32.4 Å². The van der Waals surface area contributed by atoms with Crippen molar-refractivity contribution < 1.29 is 13.6 Å². The molecule has 4 rings (SSSR count). The fourth-order valence-electron chi connectivity index (χ4n) is 3.50. The summed E-state index contributed by atoms with van der Waals surface area (Å²) in [5.74, 6) is -1.37. The van der Waals surface area contributed by atoms with Crippen molar-refractivity contribution in [3.05, 3.63) is 93.5 Å². The van der Waals surface area contributed by atoms with Gasteiger partial charge in [-0.3, -0.25) is 4.79 Å². The maximum atomic E-state index is 14.7. The molecule has 0 aliphatic carbocycles. The van der Waals surface area contributed by atoms with Crippen molar-refractivity contribution in [1.82, 2.24) is 19.6 Å². The van der Waals surface area contributed by atoms with Gasteiger partial charge in [0.2, 0.25) is 0 Å². The van der Waals surface area contributed by atoms with Crippen molar-refractivity contribution in [1.29, 1.82) is 0 Å². The molecule has 0 saturated carbocycles. The van der Waals surface area contributed by atoms with E-state index < -0.39 is 11.7 Å². The number of nitrogens with zero attached hydrogens (tertiary/aromatic N) is 4. The van der Waals surface area contributed by atoms with Gasteiger partial charge in [-0.25, -0.2) is 18.1 Å². The van der Waals surface area contributed by atoms with Crippen LogP contribution in [0.1, 0.15) is 33.0 Å². The third-order valence-corrected chi connectivity index (χ3v) is 5.37. The van der Waals surface area contributed by atoms with E-state index in [1.165, 1.54) is 27.6 Å². The van der Waals surface area contributed by atoms with E-state index in [9.17, 15) is 13.6 Å². The SMILES string of the molecule is Cc1cc(C)n(-c2ccc(NC(=O)c3c(C)nn(Cc4ccc(F)cc4)c3Cl)cc2F)n1. The summed E-state index contributed by atoms with van der Waals surface area (Å²) in [6, 6.07) is 12.2. The molecule has 0 fully saturated rings. The van der Waals surface area contributed by atoms with Crippen LogP contribution in [0.5, 0.6) is 0 Å². The molecule has 0 bridgehead atoms. The number of benzene rings is 2. The molecule has 0 unspecified atom stereocenters. The average molecular weight is 456 g/mol. The molecule has 1 amide bonds. The quantitative estimate of drug-likeness (QED) is 0.448. The maximum absolute atomic E-state index is 14.7. The molecular formula is C23H20ClF2N5O. The lowest BCUT2D eigenvalue weighted by Crippen LogP contribution is -2.14. The molecule has 4 aromatic rings. The third kappa shape index (κ3) is 4.27. The number of anilines is 1. The van der Waals surface area contributed by atoms with Crippen molar-refractivity contribution in [2.24, 2.45) is 0 Å². The Kier molecular flexibility index (Phi) is 5.80. The van der Waals surface area contributed by atoms with E-state index in [-0.39, 0.29) is 34.5 Å². The third-order valence-electron chi connectivity index (χ3n) is 4.98. The number of amides is 1. The highest BCUT2D eigenvalue weighted by Gasteiger charge is 2.21. The highest BCUT2D eigenvalue weighted by molar-refractivity contribution is 6.33. The van der Waals surface area contributed by atoms with Crippen LogP contribution in [-0.4, -0.2) is 25.5 Å². The zero-order valence-electron chi connectivity index (χ0n) is 17.7. The lowest BCUT2D eigenvalue weighted by Gasteiger charge is -2.09. The lowest BCUT2D eigenvalue weighted by molar-refractivity contribution is 0.102. The van der Waals surface area contributed by atoms with E-state index in [2.05, 4.69) is 15.5 Å². The summed E-state index contributed by atoms with van der Waals surface area (Å²) in [6.45, 7) is 5.61. The van der Waals surface area contributed by atoms with Crippen LogP contribution in [0.2, 0.25) is 5.15 Å². The van der Waals surface area contributed by atoms with Crippen LogP contribution in [0.4, 0.5) is 14.5 Å². The van der Waals surface area contributed by atoms with E-state index in [1.54, 1.807) is 31.2 Å². The van der Waals surface area contributed by atoms with Crippen LogP contribution in [0.3, 0.4) is 0 Å². The minimum absolute atomic E-state index is 0.143. The van der Waals surface area contributed by atoms with Crippen molar-refractivity contribution in [3.8, 4) is 5.69 Å². The van der Waals surface area contributed by atoms with Crippen molar-refractivity contribution in [2.45, 2.75) is 27.3 Å². The van der Waals surface area contributed by atoms with E-state index in [4.69, 9.17) is 11.6 Å². The Morgan fingerprint density at radius 1 is 1.03 bits per heavy atom. The van der Waals surface area contributed by atoms with Gasteiger partial charge < -0.3 is 5.32 Å². The van der Waals surface area contributed by atoms with E-state index in [0.717, 1.165) is 17.0 Å². The first kappa shape index (κ1) is 21.7. The molecule has 2 aromatic carbocycles. The molecule has 164 valence electrons. The number of hydrogen-bond donors (Lipinski definition) is 1. The second kappa shape index (κ2) is 8.55. The minimum Gasteiger partial charge on any atom is -0.322 e. The standard InChI is InChI=1S/C23H20ClF2N5O/c1-13-10-14(2)31(28-13)20-9-8-18(11-19(20)26)27-23(32)21-15(3)29-30(22(21)24)12-16-4-6-17(25)7-5-16/h4-11H,12H2,1-3H3,(H,27,32). The van der Waals surface area contributed by atoms with Crippen molar-refractivity contribution in [2.75, 3.05) is 5.32 Å². The Balaban J connectivity index is 1.55. The molecule has 0 aliphatic rings. The molecule has 6 nitrogen and oxygen atoms in total. The highest BCUT2D eigenvalue weighted by Crippen LogP contribution is 2.24. The summed E-state index contributed by atoms with van der Waals surface area (Å²) >= 11 is 6.41. The largest absolute Gasteiger partial charge is 0.322 e. The van der Waals surface area contributed by atoms with E-state index in [1.807, 2.05) is 19.9 Å². The van der Waals surface area contributed by atoms with Crippen LogP contribution in [-0.2, 0) is 6.54 Å². The fraction of sp³-hybridized carbons (Fsp3) is 0.174. The van der Waals surface area contributed by atoms with Crippen LogP contribution in [0.25, 0.3) is 5.69 Å².